The maximum atomic E-state index is 10.9. The summed E-state index contributed by atoms with van der Waals surface area (Å²) in [6.45, 7) is 13.3. The highest BCUT2D eigenvalue weighted by molar-refractivity contribution is 5.50. The van der Waals surface area contributed by atoms with Crippen LogP contribution in [0, 0.1) is 23.2 Å². The van der Waals surface area contributed by atoms with Crippen molar-refractivity contribution in [3.8, 4) is 0 Å². The van der Waals surface area contributed by atoms with E-state index in [4.69, 9.17) is 4.74 Å². The topological polar surface area (TPSA) is 58.6 Å². The van der Waals surface area contributed by atoms with E-state index in [9.17, 15) is 9.90 Å². The van der Waals surface area contributed by atoms with Gasteiger partial charge >= 0.3 is 0 Å². The van der Waals surface area contributed by atoms with Crippen LogP contribution in [0.4, 0.5) is 0 Å². The van der Waals surface area contributed by atoms with Gasteiger partial charge in [-0.15, -0.1) is 0 Å². The molecule has 0 aromatic heterocycles. The molecule has 26 heavy (non-hydrogen) atoms. The van der Waals surface area contributed by atoms with Gasteiger partial charge in [-0.05, 0) is 62.7 Å². The van der Waals surface area contributed by atoms with E-state index in [0.717, 1.165) is 37.7 Å². The molecule has 1 saturated heterocycles. The van der Waals surface area contributed by atoms with Crippen LogP contribution in [0.5, 0.6) is 0 Å². The fourth-order valence-corrected chi connectivity index (χ4v) is 5.55. The van der Waals surface area contributed by atoms with E-state index in [-0.39, 0.29) is 17.4 Å². The minimum Gasteiger partial charge on any atom is -0.491 e. The Kier molecular flexibility index (Phi) is 5.08. The van der Waals surface area contributed by atoms with Crippen LogP contribution in [0.25, 0.3) is 0 Å². The summed E-state index contributed by atoms with van der Waals surface area (Å²) in [6, 6.07) is -0.0949. The smallest absolute Gasteiger partial charge is 0.207 e. The molecule has 1 saturated carbocycles. The fraction of sp³-hybridized carbons (Fsp3) is 0.682. The largest absolute Gasteiger partial charge is 0.491 e. The van der Waals surface area contributed by atoms with Crippen LogP contribution in [-0.4, -0.2) is 29.8 Å². The summed E-state index contributed by atoms with van der Waals surface area (Å²) in [5, 5.41) is 13.6. The van der Waals surface area contributed by atoms with Gasteiger partial charge in [-0.2, -0.15) is 0 Å². The number of carbonyl (C=O) groups excluding carboxylic acids is 1. The molecular weight excluding hydrogens is 326 g/mol. The Balaban J connectivity index is 1.86. The van der Waals surface area contributed by atoms with E-state index in [2.05, 4.69) is 44.8 Å². The quantitative estimate of drug-likeness (QED) is 0.594. The summed E-state index contributed by atoms with van der Waals surface area (Å²) in [6.07, 6.45) is 9.18. The summed E-state index contributed by atoms with van der Waals surface area (Å²) >= 11 is 0. The predicted molar refractivity (Wildman–Crippen MR) is 103 cm³/mol. The molecule has 1 amide bonds. The second kappa shape index (κ2) is 6.88. The molecule has 0 radical (unpaired) electrons. The highest BCUT2D eigenvalue weighted by atomic mass is 16.5. The van der Waals surface area contributed by atoms with Gasteiger partial charge in [0.2, 0.25) is 6.41 Å². The van der Waals surface area contributed by atoms with Gasteiger partial charge in [0.05, 0.1) is 11.6 Å². The third kappa shape index (κ3) is 3.13. The van der Waals surface area contributed by atoms with Gasteiger partial charge in [-0.25, -0.2) is 0 Å². The molecule has 4 heteroatoms. The number of fused-ring (bicyclic) bond motifs is 1. The number of nitrogens with one attached hydrogen (secondary N) is 1. The third-order valence-corrected chi connectivity index (χ3v) is 7.61. The number of carbonyl (C=O) groups is 1. The standard InChI is InChI=1S/C22H33NO3/c1-14-6-8-19-15(2)22(5,25)11-10-21(19,4)18(14)9-7-17-16(3)26-12-20(17)23-13-24/h6-7,13,15,18-20,25H,3,8-12H2,1-2,4-5H3,(H,23,24)/b17-7-/t15-,18-,19-,20?,21+,22+/m1/s1. The van der Waals surface area contributed by atoms with Crippen molar-refractivity contribution in [1.82, 2.24) is 5.32 Å². The van der Waals surface area contributed by atoms with E-state index < -0.39 is 5.60 Å². The number of hydrogen-bond acceptors (Lipinski definition) is 3. The summed E-state index contributed by atoms with van der Waals surface area (Å²) < 4.78 is 5.54. The average Bonchev–Trinajstić information content (AvgIpc) is 2.92. The first kappa shape index (κ1) is 19.2. The molecule has 0 spiro atoms. The van der Waals surface area contributed by atoms with E-state index in [1.807, 2.05) is 6.92 Å². The zero-order chi connectivity index (χ0) is 19.1. The Labute approximate surface area is 157 Å². The zero-order valence-corrected chi connectivity index (χ0v) is 16.5. The number of amides is 1. The first-order valence-corrected chi connectivity index (χ1v) is 9.81. The van der Waals surface area contributed by atoms with E-state index in [1.165, 1.54) is 5.57 Å². The normalized spacial score (nSPS) is 44.3. The van der Waals surface area contributed by atoms with E-state index >= 15 is 0 Å². The predicted octanol–water partition coefficient (Wildman–Crippen LogP) is 3.73. The number of ether oxygens (including phenoxy) is 1. The SMILES string of the molecule is C=C1OCC(NC=O)/C1=C\C[C@@H]1C(C)=CC[C@@H]2[C@@H](C)[C@@](C)(O)CC[C@@]12C. The third-order valence-electron chi connectivity index (χ3n) is 7.61. The lowest BCUT2D eigenvalue weighted by molar-refractivity contribution is -0.117. The summed E-state index contributed by atoms with van der Waals surface area (Å²) in [4.78, 5) is 10.9. The molecule has 2 aliphatic carbocycles. The first-order chi connectivity index (χ1) is 12.2. The van der Waals surface area contributed by atoms with Crippen LogP contribution in [0.15, 0.2) is 35.6 Å². The maximum Gasteiger partial charge on any atom is 0.207 e. The van der Waals surface area contributed by atoms with Crippen molar-refractivity contribution in [1.29, 1.82) is 0 Å². The van der Waals surface area contributed by atoms with Crippen LogP contribution < -0.4 is 5.32 Å². The average molecular weight is 360 g/mol. The molecule has 4 nitrogen and oxygen atoms in total. The molecule has 6 atom stereocenters. The molecular formula is C22H33NO3. The van der Waals surface area contributed by atoms with Crippen molar-refractivity contribution in [2.45, 2.75) is 65.0 Å². The lowest BCUT2D eigenvalue weighted by Crippen LogP contribution is -2.53. The summed E-state index contributed by atoms with van der Waals surface area (Å²) in [5.41, 5.74) is 2.07. The van der Waals surface area contributed by atoms with Gasteiger partial charge in [0, 0.05) is 5.57 Å². The zero-order valence-electron chi connectivity index (χ0n) is 16.5. The molecule has 0 aromatic carbocycles. The Bertz CT molecular complexity index is 648. The van der Waals surface area contributed by atoms with Crippen LogP contribution in [0.1, 0.15) is 53.4 Å². The lowest BCUT2D eigenvalue weighted by Gasteiger charge is -2.56. The second-order valence-electron chi connectivity index (χ2n) is 8.96. The van der Waals surface area contributed by atoms with Gasteiger partial charge in [0.15, 0.2) is 0 Å². The van der Waals surface area contributed by atoms with Crippen LogP contribution in [0.3, 0.4) is 0 Å². The molecule has 0 aromatic rings. The Morgan fingerprint density at radius 1 is 1.42 bits per heavy atom. The van der Waals surface area contributed by atoms with E-state index in [0.29, 0.717) is 24.2 Å². The molecule has 3 aliphatic rings. The monoisotopic (exact) mass is 359 g/mol. The molecule has 2 fully saturated rings. The summed E-state index contributed by atoms with van der Waals surface area (Å²) in [7, 11) is 0. The van der Waals surface area contributed by atoms with Crippen molar-refractivity contribution in [2.75, 3.05) is 6.61 Å². The second-order valence-corrected chi connectivity index (χ2v) is 8.96. The van der Waals surface area contributed by atoms with Crippen molar-refractivity contribution in [3.05, 3.63) is 35.6 Å². The molecule has 1 unspecified atom stereocenters. The first-order valence-electron chi connectivity index (χ1n) is 9.81. The molecule has 144 valence electrons. The number of allylic oxidation sites excluding steroid dienone is 3. The maximum absolute atomic E-state index is 10.9. The highest BCUT2D eigenvalue weighted by Gasteiger charge is 2.53. The Morgan fingerprint density at radius 2 is 2.15 bits per heavy atom. The molecule has 1 heterocycles. The van der Waals surface area contributed by atoms with Gasteiger partial charge in [-0.3, -0.25) is 4.79 Å². The van der Waals surface area contributed by atoms with Crippen LogP contribution >= 0.6 is 0 Å². The Hall–Kier alpha value is -1.55. The highest BCUT2D eigenvalue weighted by Crippen LogP contribution is 2.58. The van der Waals surface area contributed by atoms with E-state index in [1.54, 1.807) is 0 Å². The molecule has 0 bridgehead atoms. The molecule has 1 aliphatic heterocycles. The Morgan fingerprint density at radius 3 is 2.85 bits per heavy atom. The van der Waals surface area contributed by atoms with Gasteiger partial charge in [0.25, 0.3) is 0 Å². The van der Waals surface area contributed by atoms with Crippen LogP contribution in [0.2, 0.25) is 0 Å². The van der Waals surface area contributed by atoms with Crippen molar-refractivity contribution < 1.29 is 14.6 Å². The van der Waals surface area contributed by atoms with Gasteiger partial charge < -0.3 is 15.2 Å². The van der Waals surface area contributed by atoms with Crippen molar-refractivity contribution in [2.24, 2.45) is 23.2 Å². The minimum atomic E-state index is -0.571. The number of aliphatic hydroxyl groups is 1. The van der Waals surface area contributed by atoms with Crippen molar-refractivity contribution >= 4 is 6.41 Å². The summed E-state index contributed by atoms with van der Waals surface area (Å²) in [5.74, 6) is 1.89. The van der Waals surface area contributed by atoms with Crippen LogP contribution in [-0.2, 0) is 9.53 Å². The molecule has 2 N–H and O–H groups in total. The van der Waals surface area contributed by atoms with Gasteiger partial charge in [-0.1, -0.05) is 38.2 Å². The number of rotatable bonds is 4. The van der Waals surface area contributed by atoms with Gasteiger partial charge in [0.1, 0.15) is 12.4 Å². The minimum absolute atomic E-state index is 0.0949. The van der Waals surface area contributed by atoms with Crippen molar-refractivity contribution in [3.63, 3.8) is 0 Å². The number of hydrogen-bond donors (Lipinski definition) is 2. The molecule has 3 rings (SSSR count). The fourth-order valence-electron chi connectivity index (χ4n) is 5.55. The lowest BCUT2D eigenvalue weighted by atomic mass is 9.49.